The fourth-order valence-electron chi connectivity index (χ4n) is 4.19. The highest BCUT2D eigenvalue weighted by Crippen LogP contribution is 2.22. The van der Waals surface area contributed by atoms with E-state index in [9.17, 15) is 4.79 Å². The third-order valence-corrected chi connectivity index (χ3v) is 5.90. The van der Waals surface area contributed by atoms with E-state index in [1.165, 1.54) is 5.39 Å². The second-order valence-electron chi connectivity index (χ2n) is 7.81. The van der Waals surface area contributed by atoms with E-state index in [0.29, 0.717) is 19.5 Å². The number of hydrogen-bond acceptors (Lipinski definition) is 4. The Kier molecular flexibility index (Phi) is 5.31. The molecule has 1 aliphatic heterocycles. The molecular formula is C26H24N4O. The normalized spacial score (nSPS) is 14.1. The van der Waals surface area contributed by atoms with Crippen LogP contribution >= 0.6 is 0 Å². The van der Waals surface area contributed by atoms with Crippen molar-refractivity contribution in [1.29, 1.82) is 0 Å². The summed E-state index contributed by atoms with van der Waals surface area (Å²) in [5, 5.41) is 2.34. The molecule has 2 heterocycles. The minimum atomic E-state index is 0.184. The van der Waals surface area contributed by atoms with Crippen molar-refractivity contribution in [3.63, 3.8) is 0 Å². The molecule has 0 bridgehead atoms. The Bertz CT molecular complexity index is 1190. The molecule has 1 aliphatic rings. The number of carbonyl (C=O) groups is 1. The van der Waals surface area contributed by atoms with Crippen LogP contribution in [0.2, 0.25) is 0 Å². The Morgan fingerprint density at radius 1 is 0.806 bits per heavy atom. The molecule has 4 aromatic rings. The van der Waals surface area contributed by atoms with Gasteiger partial charge in [-0.05, 0) is 16.3 Å². The number of benzene rings is 3. The van der Waals surface area contributed by atoms with Crippen LogP contribution in [0.1, 0.15) is 5.56 Å². The number of aromatic nitrogens is 2. The zero-order valence-electron chi connectivity index (χ0n) is 17.3. The maximum atomic E-state index is 13.0. The lowest BCUT2D eigenvalue weighted by atomic mass is 10.0. The van der Waals surface area contributed by atoms with E-state index in [1.54, 1.807) is 6.33 Å². The standard InChI is InChI=1S/C26H24N4O/c31-26(17-22-11-6-10-20-7-4-5-12-23(20)22)30-15-13-29(14-16-30)25-18-24(27-19-28-25)21-8-2-1-3-9-21/h1-12,18-19H,13-17H2. The van der Waals surface area contributed by atoms with Gasteiger partial charge in [0.05, 0.1) is 12.1 Å². The van der Waals surface area contributed by atoms with Gasteiger partial charge in [-0.2, -0.15) is 0 Å². The SMILES string of the molecule is O=C(Cc1cccc2ccccc12)N1CCN(c2cc(-c3ccccc3)ncn2)CC1. The summed E-state index contributed by atoms with van der Waals surface area (Å²) in [6, 6.07) is 26.6. The summed E-state index contributed by atoms with van der Waals surface area (Å²) < 4.78 is 0. The second-order valence-corrected chi connectivity index (χ2v) is 7.81. The highest BCUT2D eigenvalue weighted by Gasteiger charge is 2.22. The largest absolute Gasteiger partial charge is 0.353 e. The van der Waals surface area contributed by atoms with Gasteiger partial charge < -0.3 is 9.80 Å². The molecule has 1 saturated heterocycles. The molecule has 5 heteroatoms. The molecule has 0 unspecified atom stereocenters. The van der Waals surface area contributed by atoms with E-state index in [-0.39, 0.29) is 5.91 Å². The molecule has 31 heavy (non-hydrogen) atoms. The van der Waals surface area contributed by atoms with Gasteiger partial charge in [-0.3, -0.25) is 4.79 Å². The number of rotatable bonds is 4. The third kappa shape index (κ3) is 4.12. The highest BCUT2D eigenvalue weighted by molar-refractivity contribution is 5.90. The number of anilines is 1. The first-order chi connectivity index (χ1) is 15.3. The van der Waals surface area contributed by atoms with Crippen LogP contribution in [0.25, 0.3) is 22.0 Å². The van der Waals surface area contributed by atoms with Gasteiger partial charge in [0.2, 0.25) is 5.91 Å². The van der Waals surface area contributed by atoms with Crippen LogP contribution in [0, 0.1) is 0 Å². The Hall–Kier alpha value is -3.73. The van der Waals surface area contributed by atoms with Gasteiger partial charge in [-0.1, -0.05) is 72.8 Å². The van der Waals surface area contributed by atoms with Crippen LogP contribution in [-0.4, -0.2) is 47.0 Å². The molecule has 0 spiro atoms. The number of hydrogen-bond donors (Lipinski definition) is 0. The van der Waals surface area contributed by atoms with Crippen molar-refractivity contribution in [2.24, 2.45) is 0 Å². The van der Waals surface area contributed by atoms with E-state index in [0.717, 1.165) is 41.1 Å². The summed E-state index contributed by atoms with van der Waals surface area (Å²) in [6.45, 7) is 2.95. The topological polar surface area (TPSA) is 49.3 Å². The van der Waals surface area contributed by atoms with Crippen molar-refractivity contribution in [2.45, 2.75) is 6.42 Å². The summed E-state index contributed by atoms with van der Waals surface area (Å²) in [5.74, 6) is 1.10. The molecule has 3 aromatic carbocycles. The maximum Gasteiger partial charge on any atom is 0.227 e. The second kappa shape index (κ2) is 8.56. The van der Waals surface area contributed by atoms with Gasteiger partial charge in [-0.15, -0.1) is 0 Å². The monoisotopic (exact) mass is 408 g/mol. The van der Waals surface area contributed by atoms with Crippen molar-refractivity contribution in [3.8, 4) is 11.3 Å². The van der Waals surface area contributed by atoms with Gasteiger partial charge in [0, 0.05) is 37.8 Å². The first kappa shape index (κ1) is 19.2. The molecule has 5 rings (SSSR count). The average molecular weight is 409 g/mol. The molecule has 5 nitrogen and oxygen atoms in total. The Morgan fingerprint density at radius 3 is 2.39 bits per heavy atom. The van der Waals surface area contributed by atoms with Gasteiger partial charge in [0.1, 0.15) is 12.1 Å². The lowest BCUT2D eigenvalue weighted by Gasteiger charge is -2.35. The smallest absolute Gasteiger partial charge is 0.227 e. The summed E-state index contributed by atoms with van der Waals surface area (Å²) in [4.78, 5) is 26.1. The number of fused-ring (bicyclic) bond motifs is 1. The lowest BCUT2D eigenvalue weighted by molar-refractivity contribution is -0.130. The molecule has 0 aliphatic carbocycles. The van der Waals surface area contributed by atoms with Crippen LogP contribution in [0.15, 0.2) is 85.2 Å². The third-order valence-electron chi connectivity index (χ3n) is 5.90. The van der Waals surface area contributed by atoms with Crippen molar-refractivity contribution >= 4 is 22.5 Å². The average Bonchev–Trinajstić information content (AvgIpc) is 2.85. The van der Waals surface area contributed by atoms with Gasteiger partial charge >= 0.3 is 0 Å². The van der Waals surface area contributed by atoms with Gasteiger partial charge in [0.15, 0.2) is 0 Å². The minimum absolute atomic E-state index is 0.184. The van der Waals surface area contributed by atoms with Gasteiger partial charge in [-0.25, -0.2) is 9.97 Å². The zero-order chi connectivity index (χ0) is 21.0. The molecule has 0 atom stereocenters. The van der Waals surface area contributed by atoms with E-state index < -0.39 is 0 Å². The summed E-state index contributed by atoms with van der Waals surface area (Å²) in [6.07, 6.45) is 2.06. The Labute approximate surface area is 182 Å². The van der Waals surface area contributed by atoms with E-state index in [4.69, 9.17) is 0 Å². The molecule has 0 saturated carbocycles. The number of piperazine rings is 1. The van der Waals surface area contributed by atoms with Crippen LogP contribution in [0.3, 0.4) is 0 Å². The fraction of sp³-hybridized carbons (Fsp3) is 0.192. The van der Waals surface area contributed by atoms with Crippen molar-refractivity contribution < 1.29 is 4.79 Å². The predicted molar refractivity (Wildman–Crippen MR) is 124 cm³/mol. The predicted octanol–water partition coefficient (Wildman–Crippen LogP) is 4.19. The number of amides is 1. The van der Waals surface area contributed by atoms with Crippen molar-refractivity contribution in [1.82, 2.24) is 14.9 Å². The Morgan fingerprint density at radius 2 is 1.55 bits per heavy atom. The first-order valence-electron chi connectivity index (χ1n) is 10.6. The van der Waals surface area contributed by atoms with E-state index >= 15 is 0 Å². The summed E-state index contributed by atoms with van der Waals surface area (Å²) in [7, 11) is 0. The molecule has 0 N–H and O–H groups in total. The lowest BCUT2D eigenvalue weighted by Crippen LogP contribution is -2.49. The Balaban J connectivity index is 1.25. The molecule has 1 amide bonds. The summed E-state index contributed by atoms with van der Waals surface area (Å²) in [5.41, 5.74) is 3.09. The van der Waals surface area contributed by atoms with Crippen LogP contribution in [-0.2, 0) is 11.2 Å². The van der Waals surface area contributed by atoms with Gasteiger partial charge in [0.25, 0.3) is 0 Å². The highest BCUT2D eigenvalue weighted by atomic mass is 16.2. The molecule has 0 radical (unpaired) electrons. The van der Waals surface area contributed by atoms with E-state index in [2.05, 4.69) is 51.3 Å². The number of carbonyl (C=O) groups excluding carboxylic acids is 1. The summed E-state index contributed by atoms with van der Waals surface area (Å²) >= 11 is 0. The van der Waals surface area contributed by atoms with Crippen LogP contribution in [0.4, 0.5) is 5.82 Å². The van der Waals surface area contributed by atoms with Crippen molar-refractivity contribution in [2.75, 3.05) is 31.1 Å². The molecule has 1 aromatic heterocycles. The maximum absolute atomic E-state index is 13.0. The quantitative estimate of drug-likeness (QED) is 0.508. The fourth-order valence-corrected chi connectivity index (χ4v) is 4.19. The first-order valence-corrected chi connectivity index (χ1v) is 10.6. The minimum Gasteiger partial charge on any atom is -0.353 e. The number of nitrogens with zero attached hydrogens (tertiary/aromatic N) is 4. The zero-order valence-corrected chi connectivity index (χ0v) is 17.3. The molecular weight excluding hydrogens is 384 g/mol. The molecule has 154 valence electrons. The molecule has 1 fully saturated rings. The van der Waals surface area contributed by atoms with Crippen molar-refractivity contribution in [3.05, 3.63) is 90.8 Å². The van der Waals surface area contributed by atoms with Crippen LogP contribution in [0.5, 0.6) is 0 Å². The van der Waals surface area contributed by atoms with Crippen LogP contribution < -0.4 is 4.90 Å². The van der Waals surface area contributed by atoms with E-state index in [1.807, 2.05) is 47.4 Å².